The number of H-pyrrole nitrogens is 1. The molecular formula is C22H30N4O5. The van der Waals surface area contributed by atoms with Crippen molar-refractivity contribution >= 4 is 17.4 Å². The van der Waals surface area contributed by atoms with Crippen LogP contribution in [0.2, 0.25) is 0 Å². The molecule has 1 aliphatic rings. The maximum atomic E-state index is 13.5. The Balaban J connectivity index is 2.09. The number of ether oxygens (including phenoxy) is 2. The molecule has 0 atom stereocenters. The van der Waals surface area contributed by atoms with E-state index in [0.29, 0.717) is 36.8 Å². The molecule has 0 spiro atoms. The summed E-state index contributed by atoms with van der Waals surface area (Å²) in [6.45, 7) is 9.35. The van der Waals surface area contributed by atoms with Crippen LogP contribution in [0.3, 0.4) is 0 Å². The van der Waals surface area contributed by atoms with Gasteiger partial charge in [0.1, 0.15) is 5.82 Å². The van der Waals surface area contributed by atoms with Crippen LogP contribution < -0.4 is 31.4 Å². The molecule has 31 heavy (non-hydrogen) atoms. The highest BCUT2D eigenvalue weighted by atomic mass is 16.5. The Labute approximate surface area is 180 Å². The fraction of sp³-hybridized carbons (Fsp3) is 0.500. The van der Waals surface area contributed by atoms with Gasteiger partial charge in [0.2, 0.25) is 0 Å². The molecule has 9 nitrogen and oxygen atoms in total. The molecule has 0 unspecified atom stereocenters. The van der Waals surface area contributed by atoms with Crippen LogP contribution in [-0.2, 0) is 6.54 Å². The van der Waals surface area contributed by atoms with Crippen molar-refractivity contribution in [2.45, 2.75) is 40.7 Å². The molecule has 1 amide bonds. The van der Waals surface area contributed by atoms with Crippen molar-refractivity contribution < 1.29 is 14.3 Å². The molecule has 1 aromatic carbocycles. The molecular weight excluding hydrogens is 400 g/mol. The van der Waals surface area contributed by atoms with E-state index in [-0.39, 0.29) is 29.9 Å². The first-order valence-corrected chi connectivity index (χ1v) is 10.5. The van der Waals surface area contributed by atoms with E-state index >= 15 is 0 Å². The largest absolute Gasteiger partial charge is 0.490 e. The van der Waals surface area contributed by atoms with Gasteiger partial charge in [-0.05, 0) is 30.0 Å². The second-order valence-corrected chi connectivity index (χ2v) is 8.52. The zero-order chi connectivity index (χ0) is 22.7. The number of fused-ring (bicyclic) bond motifs is 1. The summed E-state index contributed by atoms with van der Waals surface area (Å²) in [5.41, 5.74) is 5.30. The van der Waals surface area contributed by atoms with Crippen LogP contribution in [0.15, 0.2) is 27.8 Å². The normalized spacial score (nSPS) is 13.4. The van der Waals surface area contributed by atoms with Gasteiger partial charge in [0.05, 0.1) is 13.2 Å². The number of hydrogen-bond donors (Lipinski definition) is 2. The van der Waals surface area contributed by atoms with Crippen molar-refractivity contribution in [1.82, 2.24) is 9.55 Å². The van der Waals surface area contributed by atoms with Gasteiger partial charge in [-0.25, -0.2) is 4.79 Å². The third-order valence-corrected chi connectivity index (χ3v) is 4.82. The van der Waals surface area contributed by atoms with Gasteiger partial charge in [-0.2, -0.15) is 0 Å². The average Bonchev–Trinajstić information content (AvgIpc) is 2.94. The van der Waals surface area contributed by atoms with Gasteiger partial charge in [-0.3, -0.25) is 19.1 Å². The Bertz CT molecular complexity index is 1070. The van der Waals surface area contributed by atoms with Crippen molar-refractivity contribution in [3.8, 4) is 11.5 Å². The fourth-order valence-corrected chi connectivity index (χ4v) is 3.48. The number of nitrogens with two attached hydrogens (primary N) is 1. The molecule has 1 aromatic heterocycles. The van der Waals surface area contributed by atoms with Gasteiger partial charge < -0.3 is 20.1 Å². The van der Waals surface area contributed by atoms with Gasteiger partial charge in [0.25, 0.3) is 11.5 Å². The highest BCUT2D eigenvalue weighted by molar-refractivity contribution is 6.07. The lowest BCUT2D eigenvalue weighted by Gasteiger charge is -2.26. The van der Waals surface area contributed by atoms with Gasteiger partial charge in [-0.15, -0.1) is 0 Å². The summed E-state index contributed by atoms with van der Waals surface area (Å²) in [6, 6.07) is 4.94. The molecule has 0 bridgehead atoms. The van der Waals surface area contributed by atoms with Gasteiger partial charge >= 0.3 is 5.69 Å². The van der Waals surface area contributed by atoms with E-state index in [9.17, 15) is 14.4 Å². The molecule has 2 aromatic rings. The van der Waals surface area contributed by atoms with E-state index in [4.69, 9.17) is 15.2 Å². The number of benzene rings is 1. The second-order valence-electron chi connectivity index (χ2n) is 8.52. The average molecular weight is 431 g/mol. The molecule has 0 radical (unpaired) electrons. The first-order valence-electron chi connectivity index (χ1n) is 10.5. The molecule has 2 heterocycles. The first-order chi connectivity index (χ1) is 14.7. The number of carbonyl (C=O) groups is 1. The Hall–Kier alpha value is -3.23. The van der Waals surface area contributed by atoms with Crippen LogP contribution in [0.1, 0.15) is 44.5 Å². The van der Waals surface area contributed by atoms with Crippen LogP contribution >= 0.6 is 0 Å². The highest BCUT2D eigenvalue weighted by Crippen LogP contribution is 2.31. The molecule has 0 saturated heterocycles. The van der Waals surface area contributed by atoms with Gasteiger partial charge in [0.15, 0.2) is 17.2 Å². The van der Waals surface area contributed by atoms with Crippen LogP contribution in [0.5, 0.6) is 11.5 Å². The zero-order valence-corrected chi connectivity index (χ0v) is 18.4. The fourth-order valence-electron chi connectivity index (χ4n) is 3.48. The number of rotatable bonds is 6. The minimum atomic E-state index is -0.689. The maximum Gasteiger partial charge on any atom is 0.330 e. The quantitative estimate of drug-likeness (QED) is 0.725. The third kappa shape index (κ3) is 4.92. The smallest absolute Gasteiger partial charge is 0.330 e. The number of carbonyl (C=O) groups excluding carboxylic acids is 1. The number of amides is 1. The summed E-state index contributed by atoms with van der Waals surface area (Å²) in [5, 5.41) is 0. The molecule has 3 rings (SSSR count). The van der Waals surface area contributed by atoms with Crippen molar-refractivity contribution in [2.75, 3.05) is 30.4 Å². The molecule has 0 fully saturated rings. The predicted molar refractivity (Wildman–Crippen MR) is 119 cm³/mol. The summed E-state index contributed by atoms with van der Waals surface area (Å²) >= 11 is 0. The van der Waals surface area contributed by atoms with Crippen LogP contribution in [-0.4, -0.2) is 35.2 Å². The monoisotopic (exact) mass is 430 g/mol. The van der Waals surface area contributed by atoms with E-state index in [2.05, 4.69) is 4.98 Å². The Kier molecular flexibility index (Phi) is 6.72. The van der Waals surface area contributed by atoms with Gasteiger partial charge in [0, 0.05) is 25.1 Å². The topological polar surface area (TPSA) is 120 Å². The van der Waals surface area contributed by atoms with E-state index < -0.39 is 17.2 Å². The second kappa shape index (κ2) is 9.28. The minimum Gasteiger partial charge on any atom is -0.490 e. The number of anilines is 2. The number of hydrogen-bond acceptors (Lipinski definition) is 6. The number of nitrogen functional groups attached to an aromatic ring is 1. The lowest BCUT2D eigenvalue weighted by Crippen LogP contribution is -2.43. The van der Waals surface area contributed by atoms with Crippen LogP contribution in [0, 0.1) is 11.8 Å². The van der Waals surface area contributed by atoms with Crippen molar-refractivity contribution in [3.05, 3.63) is 44.6 Å². The molecule has 0 aliphatic carbocycles. The van der Waals surface area contributed by atoms with Crippen molar-refractivity contribution in [2.24, 2.45) is 11.8 Å². The van der Waals surface area contributed by atoms with Crippen LogP contribution in [0.25, 0.3) is 0 Å². The van der Waals surface area contributed by atoms with Crippen molar-refractivity contribution in [3.63, 3.8) is 0 Å². The molecule has 0 saturated carbocycles. The van der Waals surface area contributed by atoms with E-state index in [1.54, 1.807) is 18.2 Å². The molecule has 3 N–H and O–H groups in total. The summed E-state index contributed by atoms with van der Waals surface area (Å²) < 4.78 is 12.6. The molecule has 168 valence electrons. The molecule has 1 aliphatic heterocycles. The van der Waals surface area contributed by atoms with Crippen molar-refractivity contribution in [1.29, 1.82) is 0 Å². The Morgan fingerprint density at radius 1 is 1.13 bits per heavy atom. The third-order valence-electron chi connectivity index (χ3n) is 4.82. The van der Waals surface area contributed by atoms with Gasteiger partial charge in [-0.1, -0.05) is 27.7 Å². The van der Waals surface area contributed by atoms with E-state index in [1.807, 2.05) is 27.7 Å². The Morgan fingerprint density at radius 3 is 2.45 bits per heavy atom. The number of aromatic amines is 1. The summed E-state index contributed by atoms with van der Waals surface area (Å²) in [5.74, 6) is 0.803. The Morgan fingerprint density at radius 2 is 1.81 bits per heavy atom. The predicted octanol–water partition coefficient (Wildman–Crippen LogP) is 2.24. The lowest BCUT2D eigenvalue weighted by molar-refractivity contribution is 0.0983. The summed E-state index contributed by atoms with van der Waals surface area (Å²) in [6.07, 6.45) is 0.751. The maximum absolute atomic E-state index is 13.5. The summed E-state index contributed by atoms with van der Waals surface area (Å²) in [4.78, 5) is 42.2. The first kappa shape index (κ1) is 22.5. The molecule has 9 heteroatoms. The van der Waals surface area contributed by atoms with E-state index in [0.717, 1.165) is 6.42 Å². The highest BCUT2D eigenvalue weighted by Gasteiger charge is 2.27. The standard InChI is InChI=1S/C22H30N4O5/c1-13(2)11-25(18-19(23)26(12-14(3)4)22(29)24-20(18)27)21(28)15-6-7-16-17(10-15)31-9-5-8-30-16/h6-7,10,13-14H,5,8-9,11-12,23H2,1-4H3,(H,24,27,29). The number of aromatic nitrogens is 2. The number of nitrogens with zero attached hydrogens (tertiary/aromatic N) is 2. The zero-order valence-electron chi connectivity index (χ0n) is 18.4. The summed E-state index contributed by atoms with van der Waals surface area (Å²) in [7, 11) is 0. The lowest BCUT2D eigenvalue weighted by atomic mass is 10.1. The SMILES string of the molecule is CC(C)CN(C(=O)c1ccc2c(c1)OCCCO2)c1c(N)n(CC(C)C)c(=O)[nH]c1=O. The van der Waals surface area contributed by atoms with E-state index in [1.165, 1.54) is 9.47 Å². The number of nitrogens with one attached hydrogen (secondary N) is 1. The van der Waals surface area contributed by atoms with Crippen LogP contribution in [0.4, 0.5) is 11.5 Å². The minimum absolute atomic E-state index is 0.0222.